The van der Waals surface area contributed by atoms with Crippen LogP contribution >= 0.6 is 0 Å². The van der Waals surface area contributed by atoms with Gasteiger partial charge in [0, 0.05) is 23.8 Å². The fourth-order valence-corrected chi connectivity index (χ4v) is 2.99. The molecule has 1 fully saturated rings. The molecule has 0 spiro atoms. The minimum atomic E-state index is 0.0947. The van der Waals surface area contributed by atoms with Crippen LogP contribution in [0.3, 0.4) is 0 Å². The summed E-state index contributed by atoms with van der Waals surface area (Å²) in [4.78, 5) is 0. The van der Waals surface area contributed by atoms with Gasteiger partial charge in [-0.15, -0.1) is 0 Å². The highest BCUT2D eigenvalue weighted by Gasteiger charge is 2.19. The van der Waals surface area contributed by atoms with Crippen molar-refractivity contribution < 1.29 is 0 Å². The monoisotopic (exact) mass is 221 g/mol. The van der Waals surface area contributed by atoms with Gasteiger partial charge >= 0.3 is 0 Å². The molecule has 1 aliphatic rings. The predicted octanol–water partition coefficient (Wildman–Crippen LogP) is 2.71. The summed E-state index contributed by atoms with van der Waals surface area (Å²) < 4.78 is 2.17. The first-order valence-electron chi connectivity index (χ1n) is 6.39. The lowest BCUT2D eigenvalue weighted by molar-refractivity contribution is 0.421. The molecule has 3 heteroatoms. The lowest BCUT2D eigenvalue weighted by Crippen LogP contribution is -2.12. The summed E-state index contributed by atoms with van der Waals surface area (Å²) >= 11 is 0. The maximum absolute atomic E-state index is 5.98. The Hall–Kier alpha value is -0.830. The Morgan fingerprint density at radius 1 is 1.38 bits per heavy atom. The van der Waals surface area contributed by atoms with Crippen LogP contribution in [-0.4, -0.2) is 9.78 Å². The summed E-state index contributed by atoms with van der Waals surface area (Å²) in [5, 5.41) is 4.63. The van der Waals surface area contributed by atoms with Gasteiger partial charge in [-0.2, -0.15) is 5.10 Å². The molecule has 1 aromatic rings. The molecule has 2 rings (SSSR count). The third kappa shape index (κ3) is 2.14. The molecule has 16 heavy (non-hydrogen) atoms. The summed E-state index contributed by atoms with van der Waals surface area (Å²) in [5.41, 5.74) is 9.58. The summed E-state index contributed by atoms with van der Waals surface area (Å²) in [5.74, 6) is 0.832. The van der Waals surface area contributed by atoms with Crippen LogP contribution in [0.4, 0.5) is 0 Å². The molecule has 0 aliphatic heterocycles. The topological polar surface area (TPSA) is 43.8 Å². The van der Waals surface area contributed by atoms with Crippen molar-refractivity contribution in [3.8, 4) is 0 Å². The van der Waals surface area contributed by atoms with Gasteiger partial charge in [0.25, 0.3) is 0 Å². The summed E-state index contributed by atoms with van der Waals surface area (Å²) in [6, 6.07) is 0.0947. The Morgan fingerprint density at radius 3 is 2.50 bits per heavy atom. The minimum absolute atomic E-state index is 0.0947. The van der Waals surface area contributed by atoms with E-state index >= 15 is 0 Å². The van der Waals surface area contributed by atoms with Gasteiger partial charge in [0.1, 0.15) is 0 Å². The molecule has 90 valence electrons. The molecule has 0 amide bonds. The zero-order valence-corrected chi connectivity index (χ0v) is 10.7. The average molecular weight is 221 g/mol. The largest absolute Gasteiger partial charge is 0.324 e. The van der Waals surface area contributed by atoms with E-state index in [1.807, 2.05) is 6.92 Å². The number of nitrogens with two attached hydrogens (primary N) is 1. The SMILES string of the molecule is Cc1nn(CC2CCCC2)c(C)c1C(C)N. The van der Waals surface area contributed by atoms with E-state index in [-0.39, 0.29) is 6.04 Å². The molecule has 2 N–H and O–H groups in total. The van der Waals surface area contributed by atoms with Crippen LogP contribution in [0.5, 0.6) is 0 Å². The van der Waals surface area contributed by atoms with E-state index in [9.17, 15) is 0 Å². The molecule has 1 aliphatic carbocycles. The van der Waals surface area contributed by atoms with Crippen LogP contribution in [0.1, 0.15) is 55.6 Å². The Morgan fingerprint density at radius 2 is 2.00 bits per heavy atom. The molecule has 1 unspecified atom stereocenters. The lowest BCUT2D eigenvalue weighted by Gasteiger charge is -2.11. The van der Waals surface area contributed by atoms with E-state index in [1.165, 1.54) is 36.9 Å². The van der Waals surface area contributed by atoms with Gasteiger partial charge in [0.15, 0.2) is 0 Å². The molecular weight excluding hydrogens is 198 g/mol. The Kier molecular flexibility index (Phi) is 3.33. The second-order valence-corrected chi connectivity index (χ2v) is 5.21. The molecule has 0 bridgehead atoms. The van der Waals surface area contributed by atoms with Gasteiger partial charge in [-0.05, 0) is 39.5 Å². The third-order valence-corrected chi connectivity index (χ3v) is 3.80. The van der Waals surface area contributed by atoms with Gasteiger partial charge in [-0.3, -0.25) is 4.68 Å². The molecule has 0 saturated heterocycles. The number of hydrogen-bond donors (Lipinski definition) is 1. The molecule has 1 aromatic heterocycles. The van der Waals surface area contributed by atoms with Gasteiger partial charge in [0.05, 0.1) is 5.69 Å². The Balaban J connectivity index is 2.18. The van der Waals surface area contributed by atoms with E-state index < -0.39 is 0 Å². The second kappa shape index (κ2) is 4.58. The number of aromatic nitrogens is 2. The molecule has 1 saturated carbocycles. The normalized spacial score (nSPS) is 19.2. The van der Waals surface area contributed by atoms with Crippen LogP contribution in [-0.2, 0) is 6.54 Å². The number of hydrogen-bond acceptors (Lipinski definition) is 2. The molecule has 1 atom stereocenters. The standard InChI is InChI=1S/C13H23N3/c1-9(14)13-10(2)15-16(11(13)3)8-12-6-4-5-7-12/h9,12H,4-8,14H2,1-3H3. The van der Waals surface area contributed by atoms with Gasteiger partial charge < -0.3 is 5.73 Å². The van der Waals surface area contributed by atoms with Crippen molar-refractivity contribution in [1.82, 2.24) is 9.78 Å². The van der Waals surface area contributed by atoms with Gasteiger partial charge in [-0.1, -0.05) is 12.8 Å². The minimum Gasteiger partial charge on any atom is -0.324 e. The fraction of sp³-hybridized carbons (Fsp3) is 0.769. The van der Waals surface area contributed by atoms with Crippen LogP contribution in [0, 0.1) is 19.8 Å². The second-order valence-electron chi connectivity index (χ2n) is 5.21. The first-order chi connectivity index (χ1) is 7.59. The zero-order chi connectivity index (χ0) is 11.7. The van der Waals surface area contributed by atoms with Crippen LogP contribution in [0.15, 0.2) is 0 Å². The maximum Gasteiger partial charge on any atom is 0.0644 e. The van der Waals surface area contributed by atoms with Crippen LogP contribution in [0.2, 0.25) is 0 Å². The molecule has 0 radical (unpaired) electrons. The molecular formula is C13H23N3. The molecule has 1 heterocycles. The maximum atomic E-state index is 5.98. The van der Waals surface area contributed by atoms with Crippen LogP contribution < -0.4 is 5.73 Å². The average Bonchev–Trinajstić information content (AvgIpc) is 2.76. The van der Waals surface area contributed by atoms with Crippen molar-refractivity contribution in [3.05, 3.63) is 17.0 Å². The van der Waals surface area contributed by atoms with E-state index in [4.69, 9.17) is 5.73 Å². The molecule has 0 aromatic carbocycles. The number of aryl methyl sites for hydroxylation is 1. The molecule has 3 nitrogen and oxygen atoms in total. The first kappa shape index (κ1) is 11.6. The van der Waals surface area contributed by atoms with Crippen molar-refractivity contribution in [2.75, 3.05) is 0 Å². The first-order valence-corrected chi connectivity index (χ1v) is 6.39. The van der Waals surface area contributed by atoms with Gasteiger partial charge in [-0.25, -0.2) is 0 Å². The van der Waals surface area contributed by atoms with E-state index in [0.717, 1.165) is 18.2 Å². The van der Waals surface area contributed by atoms with Crippen molar-refractivity contribution in [2.45, 2.75) is 59.0 Å². The predicted molar refractivity (Wildman–Crippen MR) is 66.3 cm³/mol. The van der Waals surface area contributed by atoms with Crippen molar-refractivity contribution >= 4 is 0 Å². The number of nitrogens with zero attached hydrogens (tertiary/aromatic N) is 2. The van der Waals surface area contributed by atoms with Crippen molar-refractivity contribution in [3.63, 3.8) is 0 Å². The lowest BCUT2D eigenvalue weighted by atomic mass is 10.1. The third-order valence-electron chi connectivity index (χ3n) is 3.80. The van der Waals surface area contributed by atoms with E-state index in [0.29, 0.717) is 0 Å². The Labute approximate surface area is 98.0 Å². The van der Waals surface area contributed by atoms with Gasteiger partial charge in [0.2, 0.25) is 0 Å². The van der Waals surface area contributed by atoms with Crippen molar-refractivity contribution in [2.24, 2.45) is 11.7 Å². The highest BCUT2D eigenvalue weighted by atomic mass is 15.3. The number of rotatable bonds is 3. The highest BCUT2D eigenvalue weighted by molar-refractivity contribution is 5.27. The van der Waals surface area contributed by atoms with Crippen LogP contribution in [0.25, 0.3) is 0 Å². The smallest absolute Gasteiger partial charge is 0.0644 e. The highest BCUT2D eigenvalue weighted by Crippen LogP contribution is 2.28. The fourth-order valence-electron chi connectivity index (χ4n) is 2.99. The Bertz CT molecular complexity index is 359. The summed E-state index contributed by atoms with van der Waals surface area (Å²) in [6.07, 6.45) is 5.52. The summed E-state index contributed by atoms with van der Waals surface area (Å²) in [7, 11) is 0. The van der Waals surface area contributed by atoms with E-state index in [2.05, 4.69) is 23.6 Å². The summed E-state index contributed by atoms with van der Waals surface area (Å²) in [6.45, 7) is 7.33. The van der Waals surface area contributed by atoms with E-state index in [1.54, 1.807) is 0 Å². The quantitative estimate of drug-likeness (QED) is 0.853. The van der Waals surface area contributed by atoms with Crippen molar-refractivity contribution in [1.29, 1.82) is 0 Å². The zero-order valence-electron chi connectivity index (χ0n) is 10.7.